The number of aromatic nitrogens is 1. The van der Waals surface area contributed by atoms with Gasteiger partial charge in [0.1, 0.15) is 5.69 Å². The van der Waals surface area contributed by atoms with Gasteiger partial charge in [-0.05, 0) is 34.4 Å². The number of ether oxygens (including phenoxy) is 3. The second-order valence-corrected chi connectivity index (χ2v) is 9.77. The number of nitrogens with zero attached hydrogens (tertiary/aromatic N) is 2. The predicted octanol–water partition coefficient (Wildman–Crippen LogP) is 1.60. The number of benzene rings is 1. The number of carbonyl (C=O) groups excluding carboxylic acids is 1. The van der Waals surface area contributed by atoms with Gasteiger partial charge >= 0.3 is 0 Å². The number of sulfonamides is 1. The number of pyridine rings is 1. The van der Waals surface area contributed by atoms with Gasteiger partial charge < -0.3 is 14.2 Å². The molecule has 1 aromatic carbocycles. The number of methoxy groups -OCH3 is 1. The van der Waals surface area contributed by atoms with Crippen LogP contribution in [0.2, 0.25) is 0 Å². The van der Waals surface area contributed by atoms with Crippen molar-refractivity contribution in [1.82, 2.24) is 9.88 Å². The third-order valence-electron chi connectivity index (χ3n) is 5.50. The third kappa shape index (κ3) is 5.44. The van der Waals surface area contributed by atoms with E-state index in [0.29, 0.717) is 45.0 Å². The summed E-state index contributed by atoms with van der Waals surface area (Å²) < 4.78 is 42.1. The number of fused-ring (bicyclic) bond motifs is 1. The summed E-state index contributed by atoms with van der Waals surface area (Å²) in [7, 11) is -2.07. The van der Waals surface area contributed by atoms with E-state index in [0.717, 1.165) is 41.6 Å². The van der Waals surface area contributed by atoms with Gasteiger partial charge in [0.2, 0.25) is 15.9 Å². The van der Waals surface area contributed by atoms with Crippen molar-refractivity contribution in [1.29, 1.82) is 0 Å². The molecule has 2 aromatic rings. The number of rotatable bonds is 8. The van der Waals surface area contributed by atoms with Crippen LogP contribution in [0.15, 0.2) is 24.4 Å². The highest BCUT2D eigenvalue weighted by atomic mass is 32.2. The Morgan fingerprint density at radius 2 is 1.94 bits per heavy atom. The van der Waals surface area contributed by atoms with Crippen LogP contribution in [0.3, 0.4) is 0 Å². The Morgan fingerprint density at radius 3 is 2.66 bits per heavy atom. The van der Waals surface area contributed by atoms with E-state index >= 15 is 0 Å². The molecule has 0 amide bonds. The molecule has 4 rings (SSSR count). The number of Topliss-reactive ketones (excluding diaryl/α,β-unsaturated/α-hetero) is 1. The molecule has 0 spiro atoms. The van der Waals surface area contributed by atoms with Crippen molar-refractivity contribution in [3.8, 4) is 17.0 Å². The van der Waals surface area contributed by atoms with Crippen LogP contribution in [-0.4, -0.2) is 70.3 Å². The Hall–Kier alpha value is -2.53. The van der Waals surface area contributed by atoms with Crippen molar-refractivity contribution >= 4 is 21.5 Å². The first-order chi connectivity index (χ1) is 15.3. The minimum absolute atomic E-state index is 0.144. The Labute approximate surface area is 187 Å². The molecule has 0 bridgehead atoms. The Balaban J connectivity index is 1.63. The molecule has 1 saturated heterocycles. The normalized spacial score (nSPS) is 16.6. The monoisotopic (exact) mass is 461 g/mol. The zero-order valence-corrected chi connectivity index (χ0v) is 19.0. The summed E-state index contributed by atoms with van der Waals surface area (Å²) in [4.78, 5) is 19.2. The summed E-state index contributed by atoms with van der Waals surface area (Å²) in [6, 6.07) is 5.66. The molecule has 172 valence electrons. The molecule has 1 N–H and O–H groups in total. The predicted molar refractivity (Wildman–Crippen MR) is 119 cm³/mol. The first kappa shape index (κ1) is 22.7. The molecular weight excluding hydrogens is 434 g/mol. The van der Waals surface area contributed by atoms with Gasteiger partial charge in [0.05, 0.1) is 46.3 Å². The zero-order valence-electron chi connectivity index (χ0n) is 18.2. The average Bonchev–Trinajstić information content (AvgIpc) is 3.22. The first-order valence-corrected chi connectivity index (χ1v) is 12.3. The lowest BCUT2D eigenvalue weighted by molar-refractivity contribution is -0.120. The standard InChI is InChI=1S/C22H27N3O6S/c1-29-22-21(24-32(2,27)28)10-17(11-23-22)15-7-16(20-14-31-13-18(20)8-15)9-19(26)12-25-3-5-30-6-4-25/h7-8,10-11,24H,3-6,9,12-14H2,1-2H3. The molecule has 2 aliphatic heterocycles. The van der Waals surface area contributed by atoms with Crippen molar-refractivity contribution in [3.63, 3.8) is 0 Å². The first-order valence-electron chi connectivity index (χ1n) is 10.4. The molecule has 0 atom stereocenters. The SMILES string of the molecule is COc1ncc(-c2cc3c(c(CC(=O)CN4CCOCC4)c2)COC3)cc1NS(C)(=O)=O. The summed E-state index contributed by atoms with van der Waals surface area (Å²) in [5.41, 5.74) is 4.84. The van der Waals surface area contributed by atoms with Crippen LogP contribution >= 0.6 is 0 Å². The van der Waals surface area contributed by atoms with Gasteiger partial charge in [0, 0.05) is 31.3 Å². The van der Waals surface area contributed by atoms with Crippen molar-refractivity contribution in [3.05, 3.63) is 41.1 Å². The van der Waals surface area contributed by atoms with Crippen LogP contribution in [0.1, 0.15) is 16.7 Å². The second kappa shape index (κ2) is 9.53. The van der Waals surface area contributed by atoms with E-state index < -0.39 is 10.0 Å². The topological polar surface area (TPSA) is 107 Å². The van der Waals surface area contributed by atoms with Gasteiger partial charge in [-0.2, -0.15) is 0 Å². The van der Waals surface area contributed by atoms with Crippen LogP contribution in [0.25, 0.3) is 11.1 Å². The lowest BCUT2D eigenvalue weighted by Gasteiger charge is -2.25. The van der Waals surface area contributed by atoms with Gasteiger partial charge in [-0.15, -0.1) is 0 Å². The van der Waals surface area contributed by atoms with E-state index in [9.17, 15) is 13.2 Å². The molecule has 9 nitrogen and oxygen atoms in total. The van der Waals surface area contributed by atoms with E-state index in [1.54, 1.807) is 12.3 Å². The zero-order chi connectivity index (χ0) is 22.7. The molecule has 10 heteroatoms. The quantitative estimate of drug-likeness (QED) is 0.632. The third-order valence-corrected chi connectivity index (χ3v) is 6.09. The number of hydrogen-bond donors (Lipinski definition) is 1. The molecule has 2 aliphatic rings. The molecule has 0 unspecified atom stereocenters. The van der Waals surface area contributed by atoms with Crippen molar-refractivity contribution in [2.75, 3.05) is 50.9 Å². The number of nitrogens with one attached hydrogen (secondary N) is 1. The Morgan fingerprint density at radius 1 is 1.16 bits per heavy atom. The fourth-order valence-electron chi connectivity index (χ4n) is 4.02. The van der Waals surface area contributed by atoms with Crippen molar-refractivity contribution < 1.29 is 27.4 Å². The summed E-state index contributed by atoms with van der Waals surface area (Å²) >= 11 is 0. The number of morpholine rings is 1. The van der Waals surface area contributed by atoms with Crippen molar-refractivity contribution in [2.45, 2.75) is 19.6 Å². The van der Waals surface area contributed by atoms with E-state index in [4.69, 9.17) is 14.2 Å². The molecule has 1 aromatic heterocycles. The molecule has 0 aliphatic carbocycles. The maximum absolute atomic E-state index is 12.8. The summed E-state index contributed by atoms with van der Waals surface area (Å²) in [6.45, 7) is 4.20. The molecule has 3 heterocycles. The maximum Gasteiger partial charge on any atom is 0.238 e. The van der Waals surface area contributed by atoms with Gasteiger partial charge in [0.15, 0.2) is 5.78 Å². The second-order valence-electron chi connectivity index (χ2n) is 8.02. The minimum atomic E-state index is -3.50. The van der Waals surface area contributed by atoms with E-state index in [1.807, 2.05) is 12.1 Å². The summed E-state index contributed by atoms with van der Waals surface area (Å²) in [6.07, 6.45) is 3.02. The minimum Gasteiger partial charge on any atom is -0.480 e. The number of carbonyl (C=O) groups is 1. The molecule has 0 saturated carbocycles. The highest BCUT2D eigenvalue weighted by molar-refractivity contribution is 7.92. The van der Waals surface area contributed by atoms with Crippen LogP contribution in [0.4, 0.5) is 5.69 Å². The van der Waals surface area contributed by atoms with Crippen LogP contribution in [0, 0.1) is 0 Å². The fraction of sp³-hybridized carbons (Fsp3) is 0.455. The lowest BCUT2D eigenvalue weighted by atomic mass is 9.93. The van der Waals surface area contributed by atoms with Gasteiger partial charge in [0.25, 0.3) is 0 Å². The van der Waals surface area contributed by atoms with E-state index in [-0.39, 0.29) is 17.4 Å². The lowest BCUT2D eigenvalue weighted by Crippen LogP contribution is -2.40. The molecule has 32 heavy (non-hydrogen) atoms. The number of anilines is 1. The van der Waals surface area contributed by atoms with Crippen LogP contribution < -0.4 is 9.46 Å². The smallest absolute Gasteiger partial charge is 0.238 e. The Kier molecular flexibility index (Phi) is 6.75. The largest absolute Gasteiger partial charge is 0.480 e. The van der Waals surface area contributed by atoms with Crippen LogP contribution in [-0.2, 0) is 43.9 Å². The van der Waals surface area contributed by atoms with Crippen LogP contribution in [0.5, 0.6) is 5.88 Å². The number of hydrogen-bond acceptors (Lipinski definition) is 8. The molecule has 1 fully saturated rings. The Bertz CT molecular complexity index is 1110. The van der Waals surface area contributed by atoms with E-state index in [1.165, 1.54) is 7.11 Å². The summed E-state index contributed by atoms with van der Waals surface area (Å²) in [5, 5.41) is 0. The molecular formula is C22H27N3O6S. The van der Waals surface area contributed by atoms with Gasteiger partial charge in [-0.3, -0.25) is 14.4 Å². The van der Waals surface area contributed by atoms with Gasteiger partial charge in [-0.25, -0.2) is 13.4 Å². The highest BCUT2D eigenvalue weighted by Crippen LogP contribution is 2.33. The average molecular weight is 462 g/mol. The summed E-state index contributed by atoms with van der Waals surface area (Å²) in [5.74, 6) is 0.329. The highest BCUT2D eigenvalue weighted by Gasteiger charge is 2.21. The maximum atomic E-state index is 12.8. The van der Waals surface area contributed by atoms with E-state index in [2.05, 4.69) is 14.6 Å². The fourth-order valence-corrected chi connectivity index (χ4v) is 4.57. The number of ketones is 1. The molecule has 0 radical (unpaired) electrons. The van der Waals surface area contributed by atoms with Crippen molar-refractivity contribution in [2.24, 2.45) is 0 Å². The van der Waals surface area contributed by atoms with Gasteiger partial charge in [-0.1, -0.05) is 6.07 Å².